The molecule has 2 fully saturated rings. The van der Waals surface area contributed by atoms with Crippen molar-refractivity contribution in [3.05, 3.63) is 91.9 Å². The number of hydrogen-bond donors (Lipinski definition) is 2. The van der Waals surface area contributed by atoms with Crippen LogP contribution in [0.5, 0.6) is 0 Å². The molecular formula is C28H38Cl6N6OS2. The molecule has 0 atom stereocenters. The van der Waals surface area contributed by atoms with Crippen LogP contribution in [0.3, 0.4) is 0 Å². The number of halogens is 6. The number of anilines is 2. The summed E-state index contributed by atoms with van der Waals surface area (Å²) in [7, 11) is 0. The Morgan fingerprint density at radius 2 is 1.00 bits per heavy atom. The van der Waals surface area contributed by atoms with Crippen LogP contribution in [-0.4, -0.2) is 67.8 Å². The molecule has 0 amide bonds. The minimum atomic E-state index is 0. The number of thiazole rings is 2. The summed E-state index contributed by atoms with van der Waals surface area (Å²) >= 11 is 15.5. The number of piperazine rings is 2. The molecule has 0 aliphatic carbocycles. The number of aromatic nitrogens is 2. The number of nitrogens with one attached hydrogen (secondary N) is 2. The SMILES string of the molecule is Cl.Cl.Cl.Cl.Clc1cccc(Cc2csc(N3CCNCC3)n2)c1.Clc1cccc(Cc2csc(N3CCNCC3)n2)c1.O. The van der Waals surface area contributed by atoms with Crippen molar-refractivity contribution in [2.24, 2.45) is 0 Å². The van der Waals surface area contributed by atoms with Crippen molar-refractivity contribution >= 4 is 106 Å². The summed E-state index contributed by atoms with van der Waals surface area (Å²) in [5.41, 5.74) is 4.68. The molecule has 0 unspecified atom stereocenters. The molecule has 7 nitrogen and oxygen atoms in total. The lowest BCUT2D eigenvalue weighted by Gasteiger charge is -2.26. The standard InChI is InChI=1S/2C14H16ClN3S.4ClH.H2O/c2*15-12-3-1-2-11(8-12)9-13-10-19-14(17-13)18-6-4-16-5-7-18;;;;;/h2*1-3,8,10,16H,4-7,9H2;4*1H;1H2. The van der Waals surface area contributed by atoms with Crippen LogP contribution in [0.1, 0.15) is 22.5 Å². The minimum absolute atomic E-state index is 0. The van der Waals surface area contributed by atoms with Gasteiger partial charge in [0.15, 0.2) is 10.3 Å². The molecule has 2 aromatic heterocycles. The van der Waals surface area contributed by atoms with Crippen molar-refractivity contribution in [3.63, 3.8) is 0 Å². The molecule has 4 heterocycles. The van der Waals surface area contributed by atoms with Gasteiger partial charge in [0.1, 0.15) is 0 Å². The zero-order valence-corrected chi connectivity index (χ0v) is 29.7. The fourth-order valence-electron chi connectivity index (χ4n) is 4.47. The maximum absolute atomic E-state index is 6.01. The van der Waals surface area contributed by atoms with Gasteiger partial charge in [-0.05, 0) is 35.4 Å². The zero-order valence-electron chi connectivity index (χ0n) is 23.3. The molecular weight excluding hydrogens is 713 g/mol. The van der Waals surface area contributed by atoms with Gasteiger partial charge in [-0.1, -0.05) is 47.5 Å². The predicted octanol–water partition coefficient (Wildman–Crippen LogP) is 6.46. The highest BCUT2D eigenvalue weighted by Crippen LogP contribution is 2.24. The third-order valence-electron chi connectivity index (χ3n) is 6.40. The molecule has 0 radical (unpaired) electrons. The zero-order chi connectivity index (χ0) is 26.2. The Morgan fingerprint density at radius 1 is 0.628 bits per heavy atom. The van der Waals surface area contributed by atoms with Gasteiger partial charge in [0.25, 0.3) is 0 Å². The molecule has 0 spiro atoms. The van der Waals surface area contributed by atoms with Gasteiger partial charge < -0.3 is 25.9 Å². The van der Waals surface area contributed by atoms with Crippen molar-refractivity contribution in [2.75, 3.05) is 62.2 Å². The summed E-state index contributed by atoms with van der Waals surface area (Å²) in [4.78, 5) is 14.2. The molecule has 2 saturated heterocycles. The first-order chi connectivity index (χ1) is 18.6. The van der Waals surface area contributed by atoms with E-state index >= 15 is 0 Å². The third kappa shape index (κ3) is 13.0. The van der Waals surface area contributed by atoms with Gasteiger partial charge >= 0.3 is 0 Å². The summed E-state index contributed by atoms with van der Waals surface area (Å²) < 4.78 is 0. The van der Waals surface area contributed by atoms with Gasteiger partial charge in [-0.2, -0.15) is 0 Å². The fourth-order valence-corrected chi connectivity index (χ4v) is 6.65. The molecule has 240 valence electrons. The molecule has 0 bridgehead atoms. The van der Waals surface area contributed by atoms with Gasteiger partial charge in [0, 0.05) is 86.0 Å². The number of rotatable bonds is 6. The van der Waals surface area contributed by atoms with E-state index in [0.29, 0.717) is 0 Å². The first-order valence-electron chi connectivity index (χ1n) is 12.9. The Bertz CT molecular complexity index is 1220. The second-order valence-electron chi connectivity index (χ2n) is 9.33. The van der Waals surface area contributed by atoms with E-state index in [2.05, 4.69) is 43.3 Å². The highest BCUT2D eigenvalue weighted by molar-refractivity contribution is 7.14. The quantitative estimate of drug-likeness (QED) is 0.236. The van der Waals surface area contributed by atoms with E-state index in [1.807, 2.05) is 36.4 Å². The average molecular weight is 752 g/mol. The van der Waals surface area contributed by atoms with Crippen molar-refractivity contribution in [2.45, 2.75) is 12.8 Å². The smallest absolute Gasteiger partial charge is 0.185 e. The molecule has 2 aromatic carbocycles. The topological polar surface area (TPSA) is 87.8 Å². The van der Waals surface area contributed by atoms with Crippen LogP contribution in [0.25, 0.3) is 0 Å². The van der Waals surface area contributed by atoms with Crippen LogP contribution in [-0.2, 0) is 12.8 Å². The molecule has 4 aromatic rings. The van der Waals surface area contributed by atoms with E-state index in [1.165, 1.54) is 11.1 Å². The second kappa shape index (κ2) is 21.6. The van der Waals surface area contributed by atoms with Gasteiger partial charge in [0.2, 0.25) is 0 Å². The Kier molecular flexibility index (Phi) is 21.1. The van der Waals surface area contributed by atoms with Gasteiger partial charge in [-0.15, -0.1) is 72.3 Å². The number of benzene rings is 2. The molecule has 15 heteroatoms. The first-order valence-corrected chi connectivity index (χ1v) is 15.4. The van der Waals surface area contributed by atoms with Crippen molar-refractivity contribution in [1.82, 2.24) is 20.6 Å². The Balaban J connectivity index is 0.000000735. The summed E-state index contributed by atoms with van der Waals surface area (Å²) in [5.74, 6) is 0. The highest BCUT2D eigenvalue weighted by atomic mass is 35.5. The average Bonchev–Trinajstić information content (AvgIpc) is 3.60. The van der Waals surface area contributed by atoms with Crippen LogP contribution in [0.2, 0.25) is 10.0 Å². The Morgan fingerprint density at radius 3 is 1.35 bits per heavy atom. The number of nitrogens with zero attached hydrogens (tertiary/aromatic N) is 4. The fraction of sp³-hybridized carbons (Fsp3) is 0.357. The summed E-state index contributed by atoms with van der Waals surface area (Å²) in [6.07, 6.45) is 1.70. The monoisotopic (exact) mass is 748 g/mol. The van der Waals surface area contributed by atoms with Crippen molar-refractivity contribution in [3.8, 4) is 0 Å². The van der Waals surface area contributed by atoms with E-state index in [-0.39, 0.29) is 55.1 Å². The van der Waals surface area contributed by atoms with Crippen LogP contribution >= 0.6 is 95.5 Å². The second-order valence-corrected chi connectivity index (χ2v) is 11.9. The number of hydrogen-bond acceptors (Lipinski definition) is 8. The van der Waals surface area contributed by atoms with E-state index in [0.717, 1.165) is 96.9 Å². The molecule has 2 aliphatic heterocycles. The summed E-state index contributed by atoms with van der Waals surface area (Å²) in [5, 5.41) is 14.9. The Hall–Kier alpha value is -1.08. The molecule has 2 aliphatic rings. The Labute approximate surface area is 296 Å². The normalized spacial score (nSPS) is 13.9. The van der Waals surface area contributed by atoms with Gasteiger partial charge in [0.05, 0.1) is 11.4 Å². The lowest BCUT2D eigenvalue weighted by atomic mass is 10.1. The van der Waals surface area contributed by atoms with Gasteiger partial charge in [-0.3, -0.25) is 0 Å². The largest absolute Gasteiger partial charge is 0.412 e. The van der Waals surface area contributed by atoms with E-state index in [9.17, 15) is 0 Å². The van der Waals surface area contributed by atoms with Crippen LogP contribution in [0.4, 0.5) is 10.3 Å². The lowest BCUT2D eigenvalue weighted by Crippen LogP contribution is -2.43. The maximum atomic E-state index is 6.01. The predicted molar refractivity (Wildman–Crippen MR) is 196 cm³/mol. The van der Waals surface area contributed by atoms with Crippen LogP contribution in [0.15, 0.2) is 59.3 Å². The highest BCUT2D eigenvalue weighted by Gasteiger charge is 2.15. The third-order valence-corrected chi connectivity index (χ3v) is 8.77. The summed E-state index contributed by atoms with van der Waals surface area (Å²) in [6, 6.07) is 16.0. The minimum Gasteiger partial charge on any atom is -0.412 e. The van der Waals surface area contributed by atoms with E-state index in [1.54, 1.807) is 22.7 Å². The summed E-state index contributed by atoms with van der Waals surface area (Å²) in [6.45, 7) is 8.36. The van der Waals surface area contributed by atoms with E-state index in [4.69, 9.17) is 33.2 Å². The van der Waals surface area contributed by atoms with E-state index < -0.39 is 0 Å². The van der Waals surface area contributed by atoms with Crippen LogP contribution < -0.4 is 20.4 Å². The molecule has 0 saturated carbocycles. The maximum Gasteiger partial charge on any atom is 0.185 e. The van der Waals surface area contributed by atoms with Crippen molar-refractivity contribution in [1.29, 1.82) is 0 Å². The molecule has 6 rings (SSSR count). The van der Waals surface area contributed by atoms with Crippen molar-refractivity contribution < 1.29 is 5.48 Å². The van der Waals surface area contributed by atoms with Gasteiger partial charge in [-0.25, -0.2) is 9.97 Å². The molecule has 4 N–H and O–H groups in total. The lowest BCUT2D eigenvalue weighted by molar-refractivity contribution is 0.588. The molecule has 43 heavy (non-hydrogen) atoms. The first kappa shape index (κ1) is 41.9. The van der Waals surface area contributed by atoms with Crippen LogP contribution in [0, 0.1) is 0 Å².